The quantitative estimate of drug-likeness (QED) is 0.795. The van der Waals surface area contributed by atoms with Crippen LogP contribution in [0.1, 0.15) is 18.9 Å². The van der Waals surface area contributed by atoms with E-state index in [4.69, 9.17) is 4.74 Å². The summed E-state index contributed by atoms with van der Waals surface area (Å²) in [7, 11) is -3.60. The van der Waals surface area contributed by atoms with Crippen molar-refractivity contribution in [1.29, 1.82) is 0 Å². The maximum absolute atomic E-state index is 12.3. The van der Waals surface area contributed by atoms with Crippen LogP contribution in [0.3, 0.4) is 0 Å². The lowest BCUT2D eigenvalue weighted by Gasteiger charge is -2.11. The number of benzene rings is 1. The van der Waals surface area contributed by atoms with Crippen LogP contribution in [0.25, 0.3) is 0 Å². The average molecular weight is 385 g/mol. The number of nitrogens with one attached hydrogen (secondary N) is 1. The largest absolute Gasteiger partial charge is 0.492 e. The summed E-state index contributed by atoms with van der Waals surface area (Å²) in [6.45, 7) is 2.71. The molecule has 0 bridgehead atoms. The summed E-state index contributed by atoms with van der Waals surface area (Å²) in [5.41, 5.74) is 0.797. The van der Waals surface area contributed by atoms with E-state index in [1.54, 1.807) is 24.5 Å². The van der Waals surface area contributed by atoms with E-state index < -0.39 is 10.0 Å². The third kappa shape index (κ3) is 4.53. The zero-order valence-corrected chi connectivity index (χ0v) is 14.5. The van der Waals surface area contributed by atoms with Crippen molar-refractivity contribution in [3.8, 4) is 5.75 Å². The van der Waals surface area contributed by atoms with Crippen molar-refractivity contribution in [2.45, 2.75) is 24.8 Å². The molecule has 0 amide bonds. The Morgan fingerprint density at radius 2 is 2.14 bits per heavy atom. The number of halogens is 1. The number of sulfonamides is 1. The van der Waals surface area contributed by atoms with Crippen LogP contribution in [0.2, 0.25) is 0 Å². The first-order valence-electron chi connectivity index (χ1n) is 6.84. The standard InChI is InChI=1S/C15H17BrN2O3S/c1-2-8-21-15-9-13(5-6-14(15)16)22(19,20)18-11-12-4-3-7-17-10-12/h3-7,9-10,18H,2,8,11H2,1H3. The first-order valence-corrected chi connectivity index (χ1v) is 9.11. The molecule has 118 valence electrons. The Kier molecular flexibility index (Phi) is 5.93. The summed E-state index contributed by atoms with van der Waals surface area (Å²) >= 11 is 3.35. The first-order chi connectivity index (χ1) is 10.5. The maximum Gasteiger partial charge on any atom is 0.241 e. The van der Waals surface area contributed by atoms with Crippen LogP contribution in [0.15, 0.2) is 52.1 Å². The highest BCUT2D eigenvalue weighted by molar-refractivity contribution is 9.10. The molecule has 7 heteroatoms. The van der Waals surface area contributed by atoms with Crippen molar-refractivity contribution >= 4 is 26.0 Å². The molecule has 1 aromatic carbocycles. The van der Waals surface area contributed by atoms with Gasteiger partial charge in [0, 0.05) is 25.0 Å². The second kappa shape index (κ2) is 7.71. The summed E-state index contributed by atoms with van der Waals surface area (Å²) < 4.78 is 33.5. The molecule has 0 spiro atoms. The van der Waals surface area contributed by atoms with Gasteiger partial charge in [-0.25, -0.2) is 13.1 Å². The predicted octanol–water partition coefficient (Wildman–Crippen LogP) is 3.11. The molecule has 0 aliphatic carbocycles. The molecule has 2 rings (SSSR count). The van der Waals surface area contributed by atoms with Gasteiger partial charge in [-0.3, -0.25) is 4.98 Å². The minimum Gasteiger partial charge on any atom is -0.492 e. The number of hydrogen-bond donors (Lipinski definition) is 1. The lowest BCUT2D eigenvalue weighted by Crippen LogP contribution is -2.23. The minimum absolute atomic E-state index is 0.172. The lowest BCUT2D eigenvalue weighted by molar-refractivity contribution is 0.314. The molecule has 5 nitrogen and oxygen atoms in total. The smallest absolute Gasteiger partial charge is 0.241 e. The molecule has 0 aliphatic heterocycles. The summed E-state index contributed by atoms with van der Waals surface area (Å²) in [4.78, 5) is 4.13. The van der Waals surface area contributed by atoms with E-state index in [2.05, 4.69) is 25.6 Å². The predicted molar refractivity (Wildman–Crippen MR) is 88.2 cm³/mol. The Bertz CT molecular complexity index is 721. The number of hydrogen-bond acceptors (Lipinski definition) is 4. The monoisotopic (exact) mass is 384 g/mol. The van der Waals surface area contributed by atoms with E-state index in [1.807, 2.05) is 13.0 Å². The van der Waals surface area contributed by atoms with E-state index in [0.29, 0.717) is 12.4 Å². The Hall–Kier alpha value is -1.44. The van der Waals surface area contributed by atoms with E-state index in [0.717, 1.165) is 16.5 Å². The summed E-state index contributed by atoms with van der Waals surface area (Å²) in [5, 5.41) is 0. The van der Waals surface area contributed by atoms with Crippen LogP contribution in [0, 0.1) is 0 Å². The van der Waals surface area contributed by atoms with Gasteiger partial charge < -0.3 is 4.74 Å². The second-order valence-electron chi connectivity index (χ2n) is 4.63. The van der Waals surface area contributed by atoms with Crippen molar-refractivity contribution in [2.75, 3.05) is 6.61 Å². The van der Waals surface area contributed by atoms with Crippen molar-refractivity contribution < 1.29 is 13.2 Å². The van der Waals surface area contributed by atoms with Crippen LogP contribution < -0.4 is 9.46 Å². The molecule has 1 heterocycles. The summed E-state index contributed by atoms with van der Waals surface area (Å²) in [6.07, 6.45) is 4.12. The van der Waals surface area contributed by atoms with Crippen molar-refractivity contribution in [3.05, 3.63) is 52.8 Å². The number of pyridine rings is 1. The fraction of sp³-hybridized carbons (Fsp3) is 0.267. The van der Waals surface area contributed by atoms with Crippen LogP contribution in [0.4, 0.5) is 0 Å². The summed E-state index contributed by atoms with van der Waals surface area (Å²) in [6, 6.07) is 8.30. The topological polar surface area (TPSA) is 68.3 Å². The van der Waals surface area contributed by atoms with E-state index >= 15 is 0 Å². The van der Waals surface area contributed by atoms with E-state index in [9.17, 15) is 8.42 Å². The normalized spacial score (nSPS) is 11.4. The number of rotatable bonds is 7. The van der Waals surface area contributed by atoms with Crippen LogP contribution in [0.5, 0.6) is 5.75 Å². The summed E-state index contributed by atoms with van der Waals surface area (Å²) in [5.74, 6) is 0.520. The van der Waals surface area contributed by atoms with Gasteiger partial charge in [-0.2, -0.15) is 0 Å². The molecule has 0 aliphatic rings. The van der Waals surface area contributed by atoms with Crippen molar-refractivity contribution in [1.82, 2.24) is 9.71 Å². The molecule has 0 saturated carbocycles. The van der Waals surface area contributed by atoms with Crippen molar-refractivity contribution in [3.63, 3.8) is 0 Å². The number of nitrogens with zero attached hydrogens (tertiary/aromatic N) is 1. The van der Waals surface area contributed by atoms with Gasteiger partial charge in [-0.15, -0.1) is 0 Å². The van der Waals surface area contributed by atoms with Crippen LogP contribution in [-0.2, 0) is 16.6 Å². The number of aromatic nitrogens is 1. The molecule has 1 N–H and O–H groups in total. The number of ether oxygens (including phenoxy) is 1. The van der Waals surface area contributed by atoms with Gasteiger partial charge in [0.1, 0.15) is 5.75 Å². The Balaban J connectivity index is 2.15. The molecule has 22 heavy (non-hydrogen) atoms. The highest BCUT2D eigenvalue weighted by atomic mass is 79.9. The Labute approximate surface area is 138 Å². The molecule has 0 atom stereocenters. The van der Waals surface area contributed by atoms with Gasteiger partial charge in [0.2, 0.25) is 10.0 Å². The van der Waals surface area contributed by atoms with Gasteiger partial charge in [0.05, 0.1) is 16.0 Å². The Morgan fingerprint density at radius 1 is 1.32 bits per heavy atom. The van der Waals surface area contributed by atoms with E-state index in [1.165, 1.54) is 12.1 Å². The van der Waals surface area contributed by atoms with Gasteiger partial charge in [-0.1, -0.05) is 13.0 Å². The molecule has 1 aromatic heterocycles. The van der Waals surface area contributed by atoms with Crippen molar-refractivity contribution in [2.24, 2.45) is 0 Å². The highest BCUT2D eigenvalue weighted by Gasteiger charge is 2.16. The minimum atomic E-state index is -3.60. The molecule has 0 saturated heterocycles. The third-order valence-electron chi connectivity index (χ3n) is 2.86. The van der Waals surface area contributed by atoms with Gasteiger partial charge >= 0.3 is 0 Å². The van der Waals surface area contributed by atoms with E-state index in [-0.39, 0.29) is 11.4 Å². The van der Waals surface area contributed by atoms with Crippen LogP contribution in [-0.4, -0.2) is 20.0 Å². The molecule has 0 unspecified atom stereocenters. The maximum atomic E-state index is 12.3. The molecular formula is C15H17BrN2O3S. The zero-order chi connectivity index (χ0) is 16.0. The average Bonchev–Trinajstić information content (AvgIpc) is 2.53. The zero-order valence-electron chi connectivity index (χ0n) is 12.1. The van der Waals surface area contributed by atoms with Gasteiger partial charge in [0.25, 0.3) is 0 Å². The highest BCUT2D eigenvalue weighted by Crippen LogP contribution is 2.28. The second-order valence-corrected chi connectivity index (χ2v) is 7.25. The van der Waals surface area contributed by atoms with Crippen LogP contribution >= 0.6 is 15.9 Å². The molecule has 0 radical (unpaired) electrons. The lowest BCUT2D eigenvalue weighted by atomic mass is 10.3. The van der Waals surface area contributed by atoms with Gasteiger partial charge in [-0.05, 0) is 46.1 Å². The Morgan fingerprint density at radius 3 is 2.82 bits per heavy atom. The first kappa shape index (κ1) is 16.9. The molecular weight excluding hydrogens is 368 g/mol. The fourth-order valence-corrected chi connectivity index (χ4v) is 3.13. The SMILES string of the molecule is CCCOc1cc(S(=O)(=O)NCc2cccnc2)ccc1Br. The third-order valence-corrected chi connectivity index (χ3v) is 4.92. The fourth-order valence-electron chi connectivity index (χ4n) is 1.74. The molecule has 2 aromatic rings. The van der Waals surface area contributed by atoms with Gasteiger partial charge in [0.15, 0.2) is 0 Å². The molecule has 0 fully saturated rings.